The van der Waals surface area contributed by atoms with Gasteiger partial charge in [-0.25, -0.2) is 4.98 Å². The van der Waals surface area contributed by atoms with Gasteiger partial charge in [-0.1, -0.05) is 26.8 Å². The summed E-state index contributed by atoms with van der Waals surface area (Å²) in [4.78, 5) is 8.03. The molecule has 0 aliphatic carbocycles. The van der Waals surface area contributed by atoms with Crippen molar-refractivity contribution in [3.63, 3.8) is 0 Å². The summed E-state index contributed by atoms with van der Waals surface area (Å²) in [6, 6.07) is 6.50. The Balaban J connectivity index is 2.23. The summed E-state index contributed by atoms with van der Waals surface area (Å²) in [7, 11) is 0. The number of hydrogen-bond acceptors (Lipinski definition) is 2. The smallest absolute Gasteiger partial charge is 0.107 e. The molecule has 0 aliphatic rings. The van der Waals surface area contributed by atoms with Gasteiger partial charge in [0, 0.05) is 6.42 Å². The molecule has 1 heterocycles. The number of rotatable bonds is 4. The molecular weight excluding hydrogens is 222 g/mol. The minimum atomic E-state index is 0.180. The minimum Gasteiger partial charge on any atom is -0.342 e. The fourth-order valence-electron chi connectivity index (χ4n) is 2.08. The average molecular weight is 245 g/mol. The van der Waals surface area contributed by atoms with Gasteiger partial charge in [-0.3, -0.25) is 0 Å². The molecule has 0 unspecified atom stereocenters. The van der Waals surface area contributed by atoms with Crippen molar-refractivity contribution < 1.29 is 0 Å². The maximum Gasteiger partial charge on any atom is 0.107 e. The molecule has 0 saturated carbocycles. The van der Waals surface area contributed by atoms with Crippen LogP contribution in [-0.4, -0.2) is 16.5 Å². The number of aromatic amines is 1. The Morgan fingerprint density at radius 1 is 1.22 bits per heavy atom. The van der Waals surface area contributed by atoms with Crippen molar-refractivity contribution in [1.29, 1.82) is 0 Å². The molecule has 1 aromatic carbocycles. The van der Waals surface area contributed by atoms with E-state index in [-0.39, 0.29) is 5.41 Å². The molecule has 2 rings (SSSR count). The molecule has 0 bridgehead atoms. The third kappa shape index (κ3) is 2.91. The first-order valence-electron chi connectivity index (χ1n) is 6.70. The molecule has 3 N–H and O–H groups in total. The van der Waals surface area contributed by atoms with E-state index in [0.29, 0.717) is 0 Å². The van der Waals surface area contributed by atoms with Crippen LogP contribution in [0.1, 0.15) is 45.0 Å². The monoisotopic (exact) mass is 245 g/mol. The van der Waals surface area contributed by atoms with Gasteiger partial charge in [-0.2, -0.15) is 0 Å². The van der Waals surface area contributed by atoms with Crippen LogP contribution < -0.4 is 5.73 Å². The van der Waals surface area contributed by atoms with E-state index in [1.807, 2.05) is 0 Å². The molecule has 3 nitrogen and oxygen atoms in total. The van der Waals surface area contributed by atoms with Gasteiger partial charge in [0.25, 0.3) is 0 Å². The number of benzene rings is 1. The third-order valence-corrected chi connectivity index (χ3v) is 3.26. The maximum absolute atomic E-state index is 5.50. The molecule has 98 valence electrons. The van der Waals surface area contributed by atoms with Crippen molar-refractivity contribution in [3.8, 4) is 0 Å². The molecule has 3 heteroatoms. The number of H-pyrrole nitrogens is 1. The predicted octanol–water partition coefficient (Wildman–Crippen LogP) is 3.14. The zero-order chi connectivity index (χ0) is 13.2. The number of fused-ring (bicyclic) bond motifs is 1. The number of nitrogens with two attached hydrogens (primary N) is 1. The first-order chi connectivity index (χ1) is 8.50. The summed E-state index contributed by atoms with van der Waals surface area (Å²) in [5.41, 5.74) is 9.23. The fourth-order valence-corrected chi connectivity index (χ4v) is 2.08. The van der Waals surface area contributed by atoms with Crippen molar-refractivity contribution >= 4 is 11.0 Å². The van der Waals surface area contributed by atoms with Crippen molar-refractivity contribution in [1.82, 2.24) is 9.97 Å². The number of aryl methyl sites for hydroxylation is 1. The molecule has 0 fully saturated rings. The zero-order valence-electron chi connectivity index (χ0n) is 11.6. The number of aromatic nitrogens is 2. The standard InChI is InChI=1S/C15H23N3/c1-15(2,3)11-7-8-12-13(10-11)18-14(17-12)6-4-5-9-16/h7-8,10H,4-6,9,16H2,1-3H3,(H,17,18). The highest BCUT2D eigenvalue weighted by molar-refractivity contribution is 5.76. The Labute approximate surface area is 109 Å². The van der Waals surface area contributed by atoms with Crippen molar-refractivity contribution in [2.24, 2.45) is 5.73 Å². The van der Waals surface area contributed by atoms with E-state index < -0.39 is 0 Å². The van der Waals surface area contributed by atoms with Gasteiger partial charge in [0.2, 0.25) is 0 Å². The Hall–Kier alpha value is -1.35. The number of nitrogens with zero attached hydrogens (tertiary/aromatic N) is 1. The minimum absolute atomic E-state index is 0.180. The van der Waals surface area contributed by atoms with Crippen LogP contribution in [0.15, 0.2) is 18.2 Å². The average Bonchev–Trinajstić information content (AvgIpc) is 2.69. The lowest BCUT2D eigenvalue weighted by molar-refractivity contribution is 0.591. The summed E-state index contributed by atoms with van der Waals surface area (Å²) in [6.07, 6.45) is 3.14. The predicted molar refractivity (Wildman–Crippen MR) is 76.8 cm³/mol. The van der Waals surface area contributed by atoms with Crippen LogP contribution in [0.5, 0.6) is 0 Å². The van der Waals surface area contributed by atoms with Crippen molar-refractivity contribution in [3.05, 3.63) is 29.6 Å². The van der Waals surface area contributed by atoms with E-state index in [9.17, 15) is 0 Å². The molecule has 0 spiro atoms. The number of hydrogen-bond donors (Lipinski definition) is 2. The van der Waals surface area contributed by atoms with E-state index in [4.69, 9.17) is 5.73 Å². The highest BCUT2D eigenvalue weighted by Gasteiger charge is 2.14. The van der Waals surface area contributed by atoms with Gasteiger partial charge in [0.1, 0.15) is 5.82 Å². The van der Waals surface area contributed by atoms with E-state index in [0.717, 1.165) is 42.7 Å². The van der Waals surface area contributed by atoms with E-state index >= 15 is 0 Å². The largest absolute Gasteiger partial charge is 0.342 e. The van der Waals surface area contributed by atoms with Crippen LogP contribution >= 0.6 is 0 Å². The highest BCUT2D eigenvalue weighted by Crippen LogP contribution is 2.25. The molecule has 0 atom stereocenters. The van der Waals surface area contributed by atoms with Gasteiger partial charge < -0.3 is 10.7 Å². The Morgan fingerprint density at radius 2 is 2.00 bits per heavy atom. The Kier molecular flexibility index (Phi) is 3.71. The van der Waals surface area contributed by atoms with Crippen molar-refractivity contribution in [2.45, 2.75) is 45.4 Å². The topological polar surface area (TPSA) is 54.7 Å². The number of nitrogens with one attached hydrogen (secondary N) is 1. The molecule has 0 saturated heterocycles. The van der Waals surface area contributed by atoms with E-state index in [2.05, 4.69) is 48.9 Å². The molecule has 0 aliphatic heterocycles. The second-order valence-corrected chi connectivity index (χ2v) is 5.91. The van der Waals surface area contributed by atoms with Gasteiger partial charge in [-0.15, -0.1) is 0 Å². The lowest BCUT2D eigenvalue weighted by Gasteiger charge is -2.18. The lowest BCUT2D eigenvalue weighted by Crippen LogP contribution is -2.10. The first kappa shape index (κ1) is 13.1. The normalized spacial score (nSPS) is 12.2. The summed E-state index contributed by atoms with van der Waals surface area (Å²) in [5, 5.41) is 0. The van der Waals surface area contributed by atoms with Gasteiger partial charge in [-0.05, 0) is 42.5 Å². The summed E-state index contributed by atoms with van der Waals surface area (Å²) < 4.78 is 0. The van der Waals surface area contributed by atoms with Crippen LogP contribution in [0.25, 0.3) is 11.0 Å². The van der Waals surface area contributed by atoms with Crippen LogP contribution in [0.2, 0.25) is 0 Å². The second kappa shape index (κ2) is 5.11. The Bertz CT molecular complexity index is 520. The van der Waals surface area contributed by atoms with Gasteiger partial charge in [0.15, 0.2) is 0 Å². The van der Waals surface area contributed by atoms with Gasteiger partial charge >= 0.3 is 0 Å². The number of unbranched alkanes of at least 4 members (excludes halogenated alkanes) is 1. The zero-order valence-corrected chi connectivity index (χ0v) is 11.6. The fraction of sp³-hybridized carbons (Fsp3) is 0.533. The first-order valence-corrected chi connectivity index (χ1v) is 6.70. The lowest BCUT2D eigenvalue weighted by atomic mass is 9.87. The highest BCUT2D eigenvalue weighted by atomic mass is 14.9. The van der Waals surface area contributed by atoms with Crippen molar-refractivity contribution in [2.75, 3.05) is 6.54 Å². The molecule has 18 heavy (non-hydrogen) atoms. The van der Waals surface area contributed by atoms with Gasteiger partial charge in [0.05, 0.1) is 11.0 Å². The van der Waals surface area contributed by atoms with E-state index in [1.165, 1.54) is 5.56 Å². The third-order valence-electron chi connectivity index (χ3n) is 3.26. The summed E-state index contributed by atoms with van der Waals surface area (Å²) in [5.74, 6) is 1.07. The molecule has 0 amide bonds. The Morgan fingerprint density at radius 3 is 2.67 bits per heavy atom. The molecule has 0 radical (unpaired) electrons. The van der Waals surface area contributed by atoms with E-state index in [1.54, 1.807) is 0 Å². The molecule has 1 aromatic heterocycles. The SMILES string of the molecule is CC(C)(C)c1ccc2nc(CCCCN)[nH]c2c1. The molecular formula is C15H23N3. The second-order valence-electron chi connectivity index (χ2n) is 5.91. The maximum atomic E-state index is 5.50. The van der Waals surface area contributed by atoms with Crippen LogP contribution in [0.3, 0.4) is 0 Å². The number of imidazole rings is 1. The quantitative estimate of drug-likeness (QED) is 0.813. The van der Waals surface area contributed by atoms with Crippen LogP contribution in [0.4, 0.5) is 0 Å². The summed E-state index contributed by atoms with van der Waals surface area (Å²) in [6.45, 7) is 7.44. The molecule has 2 aromatic rings. The summed E-state index contributed by atoms with van der Waals surface area (Å²) >= 11 is 0. The van der Waals surface area contributed by atoms with Crippen LogP contribution in [-0.2, 0) is 11.8 Å². The van der Waals surface area contributed by atoms with Crippen LogP contribution in [0, 0.1) is 0 Å².